The number of hydrogen-bond acceptors (Lipinski definition) is 4. The summed E-state index contributed by atoms with van der Waals surface area (Å²) in [4.78, 5) is 11.9. The Morgan fingerprint density at radius 1 is 0.952 bits per heavy atom. The van der Waals surface area contributed by atoms with Gasteiger partial charge in [0, 0.05) is 43.0 Å². The van der Waals surface area contributed by atoms with Gasteiger partial charge in [-0.1, -0.05) is 29.8 Å². The Bertz CT molecular complexity index is 628. The van der Waals surface area contributed by atoms with E-state index < -0.39 is 0 Å². The fourth-order valence-corrected chi connectivity index (χ4v) is 2.63. The van der Waals surface area contributed by atoms with Crippen molar-refractivity contribution in [2.24, 2.45) is 0 Å². The predicted molar refractivity (Wildman–Crippen MR) is 86.8 cm³/mol. The van der Waals surface area contributed by atoms with E-state index in [1.165, 1.54) is 11.1 Å². The van der Waals surface area contributed by atoms with Gasteiger partial charge < -0.3 is 10.2 Å². The molecule has 1 N–H and O–H groups in total. The number of rotatable bonds is 2. The molecule has 0 radical (unpaired) electrons. The van der Waals surface area contributed by atoms with Crippen LogP contribution in [0.3, 0.4) is 0 Å². The number of anilines is 1. The van der Waals surface area contributed by atoms with Crippen LogP contribution in [-0.4, -0.2) is 36.1 Å². The summed E-state index contributed by atoms with van der Waals surface area (Å²) in [5.74, 6) is 1.91. The Hall–Kier alpha value is -1.94. The summed E-state index contributed by atoms with van der Waals surface area (Å²) in [7, 11) is 0. The lowest BCUT2D eigenvalue weighted by atomic mass is 10.1. The molecule has 2 heterocycles. The molecule has 1 aromatic carbocycles. The van der Waals surface area contributed by atoms with Crippen molar-refractivity contribution in [3.05, 3.63) is 41.1 Å². The van der Waals surface area contributed by atoms with Gasteiger partial charge in [0.15, 0.2) is 5.82 Å². The molecule has 1 fully saturated rings. The maximum absolute atomic E-state index is 4.84. The first-order valence-corrected chi connectivity index (χ1v) is 7.53. The highest BCUT2D eigenvalue weighted by Crippen LogP contribution is 2.24. The van der Waals surface area contributed by atoms with Crippen LogP contribution in [0.4, 0.5) is 5.82 Å². The summed E-state index contributed by atoms with van der Waals surface area (Å²) in [6, 6.07) is 8.42. The van der Waals surface area contributed by atoms with Crippen LogP contribution in [0.1, 0.15) is 16.8 Å². The van der Waals surface area contributed by atoms with Crippen molar-refractivity contribution in [3.8, 4) is 11.4 Å². The second kappa shape index (κ2) is 5.82. The van der Waals surface area contributed by atoms with Gasteiger partial charge in [-0.05, 0) is 20.8 Å². The summed E-state index contributed by atoms with van der Waals surface area (Å²) in [6.45, 7) is 10.3. The van der Waals surface area contributed by atoms with E-state index in [0.717, 1.165) is 49.1 Å². The monoisotopic (exact) mass is 282 g/mol. The van der Waals surface area contributed by atoms with Gasteiger partial charge in [-0.25, -0.2) is 9.97 Å². The van der Waals surface area contributed by atoms with Gasteiger partial charge in [-0.2, -0.15) is 0 Å². The van der Waals surface area contributed by atoms with Gasteiger partial charge >= 0.3 is 0 Å². The van der Waals surface area contributed by atoms with E-state index in [2.05, 4.69) is 60.2 Å². The number of benzene rings is 1. The summed E-state index contributed by atoms with van der Waals surface area (Å²) >= 11 is 0. The summed E-state index contributed by atoms with van der Waals surface area (Å²) in [5.41, 5.74) is 4.59. The summed E-state index contributed by atoms with van der Waals surface area (Å²) in [5, 5.41) is 3.39. The standard InChI is InChI=1S/C17H22N4/c1-12-4-6-15(7-5-12)16-19-14(3)13(2)17(20-16)21-10-8-18-9-11-21/h4-7,18H,8-11H2,1-3H3. The molecule has 0 amide bonds. The van der Waals surface area contributed by atoms with Crippen LogP contribution in [0.2, 0.25) is 0 Å². The zero-order chi connectivity index (χ0) is 14.8. The molecule has 21 heavy (non-hydrogen) atoms. The lowest BCUT2D eigenvalue weighted by Crippen LogP contribution is -2.44. The van der Waals surface area contributed by atoms with Crippen LogP contribution >= 0.6 is 0 Å². The first-order chi connectivity index (χ1) is 10.1. The lowest BCUT2D eigenvalue weighted by molar-refractivity contribution is 0.583. The third-order valence-electron chi connectivity index (χ3n) is 4.09. The summed E-state index contributed by atoms with van der Waals surface area (Å²) < 4.78 is 0. The highest BCUT2D eigenvalue weighted by Gasteiger charge is 2.17. The molecule has 0 aliphatic carbocycles. The van der Waals surface area contributed by atoms with Crippen LogP contribution in [0.15, 0.2) is 24.3 Å². The molecular weight excluding hydrogens is 260 g/mol. The van der Waals surface area contributed by atoms with Crippen molar-refractivity contribution in [3.63, 3.8) is 0 Å². The number of aromatic nitrogens is 2. The van der Waals surface area contributed by atoms with Crippen molar-refractivity contribution in [1.29, 1.82) is 0 Å². The fraction of sp³-hybridized carbons (Fsp3) is 0.412. The van der Waals surface area contributed by atoms with Gasteiger partial charge in [0.2, 0.25) is 0 Å². The highest BCUT2D eigenvalue weighted by atomic mass is 15.2. The minimum Gasteiger partial charge on any atom is -0.354 e. The Labute approximate surface area is 126 Å². The second-order valence-corrected chi connectivity index (χ2v) is 5.68. The lowest BCUT2D eigenvalue weighted by Gasteiger charge is -2.30. The first kappa shape index (κ1) is 14.0. The molecule has 0 unspecified atom stereocenters. The van der Waals surface area contributed by atoms with Crippen molar-refractivity contribution in [2.45, 2.75) is 20.8 Å². The number of piperazine rings is 1. The van der Waals surface area contributed by atoms with Gasteiger partial charge in [-0.3, -0.25) is 0 Å². The number of aryl methyl sites for hydroxylation is 2. The molecule has 0 spiro atoms. The van der Waals surface area contributed by atoms with E-state index in [1.54, 1.807) is 0 Å². The maximum Gasteiger partial charge on any atom is 0.161 e. The number of nitrogens with zero attached hydrogens (tertiary/aromatic N) is 3. The molecule has 1 aromatic heterocycles. The maximum atomic E-state index is 4.84. The van der Waals surface area contributed by atoms with E-state index >= 15 is 0 Å². The van der Waals surface area contributed by atoms with Crippen LogP contribution in [0, 0.1) is 20.8 Å². The average molecular weight is 282 g/mol. The third kappa shape index (κ3) is 2.90. The van der Waals surface area contributed by atoms with E-state index in [0.29, 0.717) is 0 Å². The first-order valence-electron chi connectivity index (χ1n) is 7.53. The number of hydrogen-bond donors (Lipinski definition) is 1. The van der Waals surface area contributed by atoms with E-state index in [1.807, 2.05) is 0 Å². The van der Waals surface area contributed by atoms with Crippen molar-refractivity contribution in [2.75, 3.05) is 31.1 Å². The Kier molecular flexibility index (Phi) is 3.88. The van der Waals surface area contributed by atoms with Crippen molar-refractivity contribution >= 4 is 5.82 Å². The number of nitrogens with one attached hydrogen (secondary N) is 1. The zero-order valence-corrected chi connectivity index (χ0v) is 13.0. The van der Waals surface area contributed by atoms with Gasteiger partial charge in [0.25, 0.3) is 0 Å². The SMILES string of the molecule is Cc1ccc(-c2nc(C)c(C)c(N3CCNCC3)n2)cc1. The van der Waals surface area contributed by atoms with Crippen LogP contribution in [0.25, 0.3) is 11.4 Å². The molecule has 2 aromatic rings. The largest absolute Gasteiger partial charge is 0.354 e. The molecule has 4 nitrogen and oxygen atoms in total. The molecular formula is C17H22N4. The van der Waals surface area contributed by atoms with Crippen LogP contribution < -0.4 is 10.2 Å². The second-order valence-electron chi connectivity index (χ2n) is 5.68. The molecule has 3 rings (SSSR count). The van der Waals surface area contributed by atoms with Crippen molar-refractivity contribution < 1.29 is 0 Å². The highest BCUT2D eigenvalue weighted by molar-refractivity contribution is 5.60. The zero-order valence-electron chi connectivity index (χ0n) is 13.0. The minimum atomic E-state index is 0.826. The third-order valence-corrected chi connectivity index (χ3v) is 4.09. The molecule has 1 aliphatic heterocycles. The van der Waals surface area contributed by atoms with Gasteiger partial charge in [0.1, 0.15) is 5.82 Å². The molecule has 0 bridgehead atoms. The quantitative estimate of drug-likeness (QED) is 0.919. The van der Waals surface area contributed by atoms with Gasteiger partial charge in [-0.15, -0.1) is 0 Å². The van der Waals surface area contributed by atoms with E-state index in [-0.39, 0.29) is 0 Å². The summed E-state index contributed by atoms with van der Waals surface area (Å²) in [6.07, 6.45) is 0. The molecule has 0 saturated carbocycles. The topological polar surface area (TPSA) is 41.1 Å². The van der Waals surface area contributed by atoms with Crippen LogP contribution in [-0.2, 0) is 0 Å². The Morgan fingerprint density at radius 3 is 2.29 bits per heavy atom. The van der Waals surface area contributed by atoms with Crippen LogP contribution in [0.5, 0.6) is 0 Å². The predicted octanol–water partition coefficient (Wildman–Crippen LogP) is 2.48. The average Bonchev–Trinajstić information content (AvgIpc) is 2.51. The minimum absolute atomic E-state index is 0.826. The van der Waals surface area contributed by atoms with Gasteiger partial charge in [0.05, 0.1) is 0 Å². The van der Waals surface area contributed by atoms with E-state index in [4.69, 9.17) is 4.98 Å². The Balaban J connectivity index is 2.02. The Morgan fingerprint density at radius 2 is 1.62 bits per heavy atom. The smallest absolute Gasteiger partial charge is 0.161 e. The van der Waals surface area contributed by atoms with Crippen molar-refractivity contribution in [1.82, 2.24) is 15.3 Å². The molecule has 1 aliphatic rings. The molecule has 4 heteroatoms. The van der Waals surface area contributed by atoms with E-state index in [9.17, 15) is 0 Å². The molecule has 0 atom stereocenters. The molecule has 1 saturated heterocycles. The molecule has 110 valence electrons. The fourth-order valence-electron chi connectivity index (χ4n) is 2.63. The normalized spacial score (nSPS) is 15.3.